The minimum absolute atomic E-state index is 0. The molecular weight excluding hydrogens is 451 g/mol. The number of rotatable bonds is 9. The molecular formula is C27H27FN2O5. The van der Waals surface area contributed by atoms with Crippen LogP contribution in [0.4, 0.5) is 4.39 Å². The highest BCUT2D eigenvalue weighted by molar-refractivity contribution is 5.98. The van der Waals surface area contributed by atoms with Gasteiger partial charge in [0.1, 0.15) is 11.6 Å². The number of aliphatic hydroxyl groups excluding tert-OH is 1. The quantitative estimate of drug-likeness (QED) is 0.280. The smallest absolute Gasteiger partial charge is 0.335 e. The summed E-state index contributed by atoms with van der Waals surface area (Å²) in [5, 5.41) is 22.6. The van der Waals surface area contributed by atoms with Gasteiger partial charge in [0.15, 0.2) is 0 Å². The molecule has 0 unspecified atom stereocenters. The second kappa shape index (κ2) is 10.4. The molecule has 4 N–H and O–H groups in total. The number of carbonyl (C=O) groups excluding carboxylic acids is 1. The van der Waals surface area contributed by atoms with E-state index in [0.717, 1.165) is 16.6 Å². The van der Waals surface area contributed by atoms with Gasteiger partial charge in [0.05, 0.1) is 30.4 Å². The Kier molecular flexibility index (Phi) is 7.12. The summed E-state index contributed by atoms with van der Waals surface area (Å²) in [6, 6.07) is 15.3. The highest BCUT2D eigenvalue weighted by Gasteiger charge is 2.20. The first-order chi connectivity index (χ1) is 16.9. The summed E-state index contributed by atoms with van der Waals surface area (Å²) >= 11 is 0. The van der Waals surface area contributed by atoms with Crippen LogP contribution in [0, 0.1) is 5.82 Å². The molecule has 8 heteroatoms. The number of amides is 1. The Hall–Kier alpha value is -4.17. The zero-order valence-electron chi connectivity index (χ0n) is 19.0. The molecule has 1 heterocycles. The lowest BCUT2D eigenvalue weighted by Crippen LogP contribution is -2.39. The van der Waals surface area contributed by atoms with Crippen molar-refractivity contribution in [3.63, 3.8) is 0 Å². The third kappa shape index (κ3) is 5.33. The Balaban J connectivity index is 0.00000361. The normalized spacial score (nSPS) is 11.9. The number of carboxylic acid groups (broad SMARTS) is 1. The van der Waals surface area contributed by atoms with Gasteiger partial charge in [-0.25, -0.2) is 9.18 Å². The van der Waals surface area contributed by atoms with Gasteiger partial charge in [-0.1, -0.05) is 18.2 Å². The Morgan fingerprint density at radius 1 is 1.09 bits per heavy atom. The Labute approximate surface area is 202 Å². The van der Waals surface area contributed by atoms with Crippen molar-refractivity contribution in [3.8, 4) is 16.9 Å². The molecule has 35 heavy (non-hydrogen) atoms. The van der Waals surface area contributed by atoms with Gasteiger partial charge in [-0.2, -0.15) is 0 Å². The molecule has 1 amide bonds. The van der Waals surface area contributed by atoms with E-state index in [4.69, 9.17) is 9.84 Å². The highest BCUT2D eigenvalue weighted by Crippen LogP contribution is 2.28. The first-order valence-electron chi connectivity index (χ1n) is 11.2. The van der Waals surface area contributed by atoms with E-state index in [-0.39, 0.29) is 25.0 Å². The molecule has 0 radical (unpaired) electrons. The van der Waals surface area contributed by atoms with Crippen molar-refractivity contribution in [3.05, 3.63) is 89.4 Å². The number of hydrogen-bond acceptors (Lipinski definition) is 4. The van der Waals surface area contributed by atoms with Gasteiger partial charge in [0.2, 0.25) is 0 Å². The molecule has 0 aliphatic carbocycles. The van der Waals surface area contributed by atoms with Gasteiger partial charge in [-0.3, -0.25) is 4.79 Å². The van der Waals surface area contributed by atoms with Crippen LogP contribution in [0.5, 0.6) is 5.75 Å². The van der Waals surface area contributed by atoms with Crippen LogP contribution in [0.3, 0.4) is 0 Å². The number of nitrogens with one attached hydrogen (secondary N) is 2. The van der Waals surface area contributed by atoms with E-state index in [1.54, 1.807) is 42.6 Å². The van der Waals surface area contributed by atoms with E-state index in [0.29, 0.717) is 29.7 Å². The summed E-state index contributed by atoms with van der Waals surface area (Å²) in [5.41, 5.74) is 3.45. The number of aromatic nitrogens is 1. The molecule has 3 aromatic carbocycles. The lowest BCUT2D eigenvalue weighted by molar-refractivity contribution is 0.0696. The van der Waals surface area contributed by atoms with Crippen molar-refractivity contribution in [2.45, 2.75) is 19.4 Å². The molecule has 0 saturated heterocycles. The topological polar surface area (TPSA) is 112 Å². The van der Waals surface area contributed by atoms with Crippen molar-refractivity contribution in [2.24, 2.45) is 0 Å². The lowest BCUT2D eigenvalue weighted by Gasteiger charge is -2.18. The number of fused-ring (bicyclic) bond motifs is 1. The predicted octanol–water partition coefficient (Wildman–Crippen LogP) is 4.65. The Morgan fingerprint density at radius 2 is 1.83 bits per heavy atom. The Morgan fingerprint density at radius 3 is 2.51 bits per heavy atom. The summed E-state index contributed by atoms with van der Waals surface area (Å²) in [6.45, 7) is 1.86. The predicted molar refractivity (Wildman–Crippen MR) is 132 cm³/mol. The van der Waals surface area contributed by atoms with Crippen LogP contribution in [-0.2, 0) is 6.42 Å². The fraction of sp³-hybridized carbons (Fsp3) is 0.185. The third-order valence-electron chi connectivity index (χ3n) is 5.74. The molecule has 1 aromatic heterocycles. The zero-order valence-corrected chi connectivity index (χ0v) is 19.0. The maximum Gasteiger partial charge on any atom is 0.335 e. The van der Waals surface area contributed by atoms with Gasteiger partial charge in [0.25, 0.3) is 5.91 Å². The number of halogens is 1. The van der Waals surface area contributed by atoms with Crippen molar-refractivity contribution >= 4 is 22.8 Å². The van der Waals surface area contributed by atoms with Crippen molar-refractivity contribution in [2.75, 3.05) is 13.2 Å². The largest absolute Gasteiger partial charge is 0.493 e. The minimum Gasteiger partial charge on any atom is -0.493 e. The summed E-state index contributed by atoms with van der Waals surface area (Å²) in [7, 11) is 0. The summed E-state index contributed by atoms with van der Waals surface area (Å²) < 4.78 is 19.4. The van der Waals surface area contributed by atoms with Crippen LogP contribution in [0.15, 0.2) is 66.9 Å². The molecule has 0 aliphatic heterocycles. The average molecular weight is 479 g/mol. The third-order valence-corrected chi connectivity index (χ3v) is 5.74. The molecule has 0 saturated carbocycles. The second-order valence-electron chi connectivity index (χ2n) is 8.09. The van der Waals surface area contributed by atoms with Crippen LogP contribution >= 0.6 is 0 Å². The number of H-pyrrole nitrogens is 1. The molecule has 0 fully saturated rings. The number of carboxylic acids is 1. The number of aromatic amines is 1. The molecule has 7 nitrogen and oxygen atoms in total. The maximum atomic E-state index is 13.7. The van der Waals surface area contributed by atoms with Gasteiger partial charge in [-0.05, 0) is 72.5 Å². The Bertz CT molecular complexity index is 1370. The first-order valence-corrected chi connectivity index (χ1v) is 11.2. The first kappa shape index (κ1) is 24.0. The van der Waals surface area contributed by atoms with Crippen molar-refractivity contribution < 1.29 is 30.4 Å². The second-order valence-corrected chi connectivity index (χ2v) is 8.09. The fourth-order valence-electron chi connectivity index (χ4n) is 3.98. The minimum atomic E-state index is -1.02. The van der Waals surface area contributed by atoms with Gasteiger partial charge < -0.3 is 25.3 Å². The number of ether oxygens (including phenoxy) is 1. The maximum absolute atomic E-state index is 13.7. The summed E-state index contributed by atoms with van der Waals surface area (Å²) in [5.74, 6) is -1.42. The molecule has 1 atom stereocenters. The number of hydrogen-bond donors (Lipinski definition) is 4. The van der Waals surface area contributed by atoms with Gasteiger partial charge >= 0.3 is 5.97 Å². The van der Waals surface area contributed by atoms with E-state index in [1.807, 2.05) is 6.92 Å². The van der Waals surface area contributed by atoms with E-state index in [1.165, 1.54) is 24.3 Å². The molecule has 0 spiro atoms. The van der Waals surface area contributed by atoms with Crippen LogP contribution in [0.1, 0.15) is 34.6 Å². The summed E-state index contributed by atoms with van der Waals surface area (Å²) in [4.78, 5) is 27.4. The van der Waals surface area contributed by atoms with Crippen LogP contribution < -0.4 is 10.1 Å². The van der Waals surface area contributed by atoms with Crippen molar-refractivity contribution in [1.29, 1.82) is 0 Å². The van der Waals surface area contributed by atoms with E-state index >= 15 is 0 Å². The standard InChI is InChI=1S/C27H25FN2O5.H2/c1-2-35-25-10-7-18(16-3-5-17(6-4-16)27(33)34)12-23(25)26(32)30-21(15-31)11-19-14-29-24-9-8-20(28)13-22(19)24;/h3-10,12-14,21,29,31H,2,11,15H2,1H3,(H,30,32)(H,33,34);1H/t21-;/m1./s1. The molecule has 4 rings (SSSR count). The van der Waals surface area contributed by atoms with Crippen molar-refractivity contribution in [1.82, 2.24) is 10.3 Å². The number of aliphatic hydroxyl groups is 1. The summed E-state index contributed by atoms with van der Waals surface area (Å²) in [6.07, 6.45) is 2.04. The molecule has 0 bridgehead atoms. The van der Waals surface area contributed by atoms with Crippen LogP contribution in [0.25, 0.3) is 22.0 Å². The van der Waals surface area contributed by atoms with Crippen LogP contribution in [0.2, 0.25) is 0 Å². The highest BCUT2D eigenvalue weighted by atomic mass is 19.1. The molecule has 4 aromatic rings. The molecule has 0 aliphatic rings. The SMILES string of the molecule is CCOc1ccc(-c2ccc(C(=O)O)cc2)cc1C(=O)N[C@@H](CO)Cc1c[nH]c2ccc(F)cc12.[HH]. The molecule has 182 valence electrons. The fourth-order valence-corrected chi connectivity index (χ4v) is 3.98. The van der Waals surface area contributed by atoms with E-state index in [9.17, 15) is 19.1 Å². The number of aromatic carboxylic acids is 1. The number of benzene rings is 3. The zero-order chi connectivity index (χ0) is 24.9. The van der Waals surface area contributed by atoms with E-state index < -0.39 is 17.9 Å². The van der Waals surface area contributed by atoms with Gasteiger partial charge in [0, 0.05) is 18.5 Å². The average Bonchev–Trinajstić information content (AvgIpc) is 3.25. The monoisotopic (exact) mass is 478 g/mol. The van der Waals surface area contributed by atoms with Crippen LogP contribution in [-0.4, -0.2) is 46.3 Å². The van der Waals surface area contributed by atoms with Gasteiger partial charge in [-0.15, -0.1) is 0 Å². The van der Waals surface area contributed by atoms with E-state index in [2.05, 4.69) is 10.3 Å². The number of carbonyl (C=O) groups is 2. The lowest BCUT2D eigenvalue weighted by atomic mass is 10.00.